The maximum absolute atomic E-state index is 11.9. The summed E-state index contributed by atoms with van der Waals surface area (Å²) in [6, 6.07) is 6.14. The third kappa shape index (κ3) is 6.20. The van der Waals surface area contributed by atoms with Crippen molar-refractivity contribution < 1.29 is 41.0 Å². The summed E-state index contributed by atoms with van der Waals surface area (Å²) in [6.45, 7) is 1.63. The summed E-state index contributed by atoms with van der Waals surface area (Å²) in [5.41, 5.74) is 0.885. The molecule has 0 spiro atoms. The van der Waals surface area contributed by atoms with E-state index in [9.17, 15) is 26.3 Å². The van der Waals surface area contributed by atoms with Gasteiger partial charge in [-0.1, -0.05) is 12.1 Å². The van der Waals surface area contributed by atoms with Gasteiger partial charge in [-0.25, -0.2) is 4.79 Å². The quantitative estimate of drug-likeness (QED) is 0.818. The lowest BCUT2D eigenvalue weighted by Gasteiger charge is -2.27. The summed E-state index contributed by atoms with van der Waals surface area (Å²) < 4.78 is 71.4. The average molecular weight is 331 g/mol. The van der Waals surface area contributed by atoms with E-state index in [1.165, 1.54) is 12.1 Å². The highest BCUT2D eigenvalue weighted by Gasteiger charge is 2.38. The summed E-state index contributed by atoms with van der Waals surface area (Å²) in [5.74, 6) is -2.60. The van der Waals surface area contributed by atoms with Gasteiger partial charge in [0.2, 0.25) is 0 Å². The molecule has 1 heterocycles. The van der Waals surface area contributed by atoms with Crippen molar-refractivity contribution in [3.8, 4) is 5.75 Å². The molecule has 1 aliphatic heterocycles. The number of ether oxygens (including phenoxy) is 1. The minimum atomic E-state index is -5.08. The molecule has 0 saturated carbocycles. The van der Waals surface area contributed by atoms with Gasteiger partial charge in [0.05, 0.1) is 0 Å². The minimum absolute atomic E-state index is 0.146. The van der Waals surface area contributed by atoms with Crippen molar-refractivity contribution in [3.63, 3.8) is 0 Å². The first kappa shape index (κ1) is 18.1. The van der Waals surface area contributed by atoms with Crippen LogP contribution in [0.25, 0.3) is 0 Å². The van der Waals surface area contributed by atoms with Crippen LogP contribution in [0.15, 0.2) is 24.3 Å². The Balaban J connectivity index is 0.000000295. The van der Waals surface area contributed by atoms with E-state index in [0.29, 0.717) is 5.92 Å². The van der Waals surface area contributed by atoms with Crippen LogP contribution >= 0.6 is 0 Å². The van der Waals surface area contributed by atoms with Crippen LogP contribution in [0, 0.1) is 0 Å². The Hall–Kier alpha value is -1.97. The smallest absolute Gasteiger partial charge is 0.475 e. The molecule has 2 N–H and O–H groups in total. The normalized spacial score (nSPS) is 15.4. The standard InChI is InChI=1S/C10H10F3NO.C2HF3O2/c11-10(12,13)15-9-3-1-2-7(4-9)8-5-14-6-8;3-2(4,5)1(6)7/h1-4,8,14H,5-6H2;(H,6,7). The number of alkyl halides is 6. The largest absolute Gasteiger partial charge is 0.573 e. The van der Waals surface area contributed by atoms with Crippen molar-refractivity contribution in [1.82, 2.24) is 5.32 Å². The van der Waals surface area contributed by atoms with Crippen molar-refractivity contribution in [2.45, 2.75) is 18.5 Å². The van der Waals surface area contributed by atoms with Gasteiger partial charge in [0.15, 0.2) is 0 Å². The predicted molar refractivity (Wildman–Crippen MR) is 62.4 cm³/mol. The van der Waals surface area contributed by atoms with Crippen LogP contribution in [0.3, 0.4) is 0 Å². The number of carbonyl (C=O) groups is 1. The van der Waals surface area contributed by atoms with Gasteiger partial charge >= 0.3 is 18.5 Å². The zero-order chi connectivity index (χ0) is 17.0. The Bertz CT molecular complexity index is 510. The Kier molecular flexibility index (Phi) is 5.64. The van der Waals surface area contributed by atoms with Crippen LogP contribution in [0.2, 0.25) is 0 Å². The topological polar surface area (TPSA) is 58.6 Å². The summed E-state index contributed by atoms with van der Waals surface area (Å²) in [6.07, 6.45) is -9.70. The molecular formula is C12H11F6NO3. The fourth-order valence-electron chi connectivity index (χ4n) is 1.49. The molecule has 1 aliphatic rings. The predicted octanol–water partition coefficient (Wildman–Crippen LogP) is 2.91. The van der Waals surface area contributed by atoms with Crippen LogP contribution in [-0.4, -0.2) is 36.7 Å². The van der Waals surface area contributed by atoms with Crippen LogP contribution in [0.4, 0.5) is 26.3 Å². The number of hydrogen-bond donors (Lipinski definition) is 2. The Morgan fingerprint density at radius 2 is 1.73 bits per heavy atom. The Morgan fingerprint density at radius 1 is 1.18 bits per heavy atom. The molecule has 4 nitrogen and oxygen atoms in total. The lowest BCUT2D eigenvalue weighted by atomic mass is 9.94. The van der Waals surface area contributed by atoms with Gasteiger partial charge in [0.1, 0.15) is 5.75 Å². The molecule has 0 atom stereocenters. The molecular weight excluding hydrogens is 320 g/mol. The molecule has 0 aliphatic carbocycles. The van der Waals surface area contributed by atoms with E-state index in [0.717, 1.165) is 18.7 Å². The number of carboxylic acid groups (broad SMARTS) is 1. The van der Waals surface area contributed by atoms with Crippen molar-refractivity contribution >= 4 is 5.97 Å². The molecule has 1 saturated heterocycles. The van der Waals surface area contributed by atoms with Gasteiger partial charge in [0, 0.05) is 19.0 Å². The number of halogens is 6. The summed E-state index contributed by atoms with van der Waals surface area (Å²) in [7, 11) is 0. The van der Waals surface area contributed by atoms with Gasteiger partial charge in [-0.3, -0.25) is 0 Å². The number of nitrogens with one attached hydrogen (secondary N) is 1. The van der Waals surface area contributed by atoms with Crippen molar-refractivity contribution in [1.29, 1.82) is 0 Å². The Morgan fingerprint density at radius 3 is 2.09 bits per heavy atom. The molecule has 1 aromatic rings. The van der Waals surface area contributed by atoms with E-state index in [1.807, 2.05) is 6.07 Å². The van der Waals surface area contributed by atoms with E-state index in [2.05, 4.69) is 10.1 Å². The van der Waals surface area contributed by atoms with Gasteiger partial charge in [-0.05, 0) is 17.7 Å². The number of hydrogen-bond acceptors (Lipinski definition) is 3. The fourth-order valence-corrected chi connectivity index (χ4v) is 1.49. The maximum Gasteiger partial charge on any atom is 0.573 e. The van der Waals surface area contributed by atoms with Crippen molar-refractivity contribution in [2.75, 3.05) is 13.1 Å². The second-order valence-corrected chi connectivity index (χ2v) is 4.28. The summed E-state index contributed by atoms with van der Waals surface area (Å²) in [4.78, 5) is 8.90. The first-order chi connectivity index (χ1) is 9.99. The summed E-state index contributed by atoms with van der Waals surface area (Å²) in [5, 5.41) is 10.2. The zero-order valence-electron chi connectivity index (χ0n) is 10.8. The molecule has 1 aromatic carbocycles. The van der Waals surface area contributed by atoms with Gasteiger partial charge in [0.25, 0.3) is 0 Å². The SMILES string of the molecule is FC(F)(F)Oc1cccc(C2CNC2)c1.O=C(O)C(F)(F)F. The molecule has 1 fully saturated rings. The second kappa shape index (κ2) is 6.86. The third-order valence-corrected chi connectivity index (χ3v) is 2.59. The molecule has 0 amide bonds. The van der Waals surface area contributed by atoms with E-state index in [4.69, 9.17) is 9.90 Å². The van der Waals surface area contributed by atoms with Gasteiger partial charge in [-0.2, -0.15) is 13.2 Å². The molecule has 22 heavy (non-hydrogen) atoms. The summed E-state index contributed by atoms with van der Waals surface area (Å²) >= 11 is 0. The molecule has 124 valence electrons. The third-order valence-electron chi connectivity index (χ3n) is 2.59. The molecule has 10 heteroatoms. The second-order valence-electron chi connectivity index (χ2n) is 4.28. The highest BCUT2D eigenvalue weighted by molar-refractivity contribution is 5.73. The van der Waals surface area contributed by atoms with Crippen LogP contribution < -0.4 is 10.1 Å². The van der Waals surface area contributed by atoms with Crippen LogP contribution in [0.1, 0.15) is 11.5 Å². The van der Waals surface area contributed by atoms with Crippen molar-refractivity contribution in [2.24, 2.45) is 0 Å². The lowest BCUT2D eigenvalue weighted by Crippen LogP contribution is -2.39. The molecule has 2 rings (SSSR count). The number of benzene rings is 1. The van der Waals surface area contributed by atoms with Crippen LogP contribution in [-0.2, 0) is 4.79 Å². The first-order valence-corrected chi connectivity index (χ1v) is 5.85. The molecule has 0 aromatic heterocycles. The highest BCUT2D eigenvalue weighted by Crippen LogP contribution is 2.27. The molecule has 0 radical (unpaired) electrons. The molecule has 0 bridgehead atoms. The van der Waals surface area contributed by atoms with Gasteiger partial charge < -0.3 is 15.2 Å². The van der Waals surface area contributed by atoms with E-state index >= 15 is 0 Å². The average Bonchev–Trinajstić information content (AvgIpc) is 2.23. The van der Waals surface area contributed by atoms with E-state index in [1.54, 1.807) is 6.07 Å². The van der Waals surface area contributed by atoms with E-state index in [-0.39, 0.29) is 5.75 Å². The monoisotopic (exact) mass is 331 g/mol. The lowest BCUT2D eigenvalue weighted by molar-refractivity contribution is -0.274. The van der Waals surface area contributed by atoms with Crippen molar-refractivity contribution in [3.05, 3.63) is 29.8 Å². The number of carboxylic acids is 1. The van der Waals surface area contributed by atoms with Crippen LogP contribution in [0.5, 0.6) is 5.75 Å². The molecule has 0 unspecified atom stereocenters. The minimum Gasteiger partial charge on any atom is -0.475 e. The zero-order valence-corrected chi connectivity index (χ0v) is 10.8. The Labute approximate surface area is 120 Å². The number of rotatable bonds is 2. The van der Waals surface area contributed by atoms with E-state index < -0.39 is 18.5 Å². The van der Waals surface area contributed by atoms with Gasteiger partial charge in [-0.15, -0.1) is 13.2 Å². The fraction of sp³-hybridized carbons (Fsp3) is 0.417. The highest BCUT2D eigenvalue weighted by atomic mass is 19.4. The first-order valence-electron chi connectivity index (χ1n) is 5.85. The maximum atomic E-state index is 11.9. The number of aliphatic carboxylic acids is 1.